The van der Waals surface area contributed by atoms with Crippen molar-refractivity contribution in [3.05, 3.63) is 77.9 Å². The van der Waals surface area contributed by atoms with E-state index in [-0.39, 0.29) is 11.7 Å². The molecular formula is C21H21FN4O2. The summed E-state index contributed by atoms with van der Waals surface area (Å²) in [5.74, 6) is -0.474. The van der Waals surface area contributed by atoms with Crippen LogP contribution in [0.2, 0.25) is 0 Å². The van der Waals surface area contributed by atoms with E-state index >= 15 is 0 Å². The molecule has 0 spiro atoms. The van der Waals surface area contributed by atoms with Crippen molar-refractivity contribution in [1.82, 2.24) is 9.78 Å². The molecule has 4 rings (SSSR count). The largest absolute Gasteiger partial charge is 0.378 e. The molecule has 0 aliphatic carbocycles. The summed E-state index contributed by atoms with van der Waals surface area (Å²) in [6.45, 7) is 3.59. The number of morpholine rings is 1. The molecule has 1 fully saturated rings. The second-order valence-electron chi connectivity index (χ2n) is 6.66. The predicted molar refractivity (Wildman–Crippen MR) is 105 cm³/mol. The fourth-order valence-corrected chi connectivity index (χ4v) is 3.19. The highest BCUT2D eigenvalue weighted by Gasteiger charge is 2.13. The zero-order valence-corrected chi connectivity index (χ0v) is 15.3. The summed E-state index contributed by atoms with van der Waals surface area (Å²) in [6, 6.07) is 13.9. The number of ether oxygens (including phenoxy) is 1. The van der Waals surface area contributed by atoms with E-state index < -0.39 is 0 Å². The van der Waals surface area contributed by atoms with Crippen LogP contribution in [-0.2, 0) is 11.3 Å². The lowest BCUT2D eigenvalue weighted by atomic mass is 10.1. The number of halogens is 1. The molecule has 0 atom stereocenters. The van der Waals surface area contributed by atoms with Crippen LogP contribution in [0.25, 0.3) is 0 Å². The van der Waals surface area contributed by atoms with E-state index in [0.717, 1.165) is 37.6 Å². The molecule has 1 aromatic heterocycles. The third kappa shape index (κ3) is 4.37. The molecule has 1 aliphatic heterocycles. The van der Waals surface area contributed by atoms with Crippen LogP contribution in [0.3, 0.4) is 0 Å². The number of nitrogens with one attached hydrogen (secondary N) is 1. The number of carbonyl (C=O) groups excluding carboxylic acids is 1. The standard InChI is InChI=1S/C21H21FN4O2/c22-18-3-1-2-16(12-18)14-26-15-19(13-23-26)24-21(27)17-4-6-20(7-5-17)25-8-10-28-11-9-25/h1-7,12-13,15H,8-11,14H2,(H,24,27). The fourth-order valence-electron chi connectivity index (χ4n) is 3.19. The van der Waals surface area contributed by atoms with E-state index in [0.29, 0.717) is 17.8 Å². The van der Waals surface area contributed by atoms with Gasteiger partial charge in [-0.3, -0.25) is 9.48 Å². The molecule has 1 N–H and O–H groups in total. The van der Waals surface area contributed by atoms with Crippen molar-refractivity contribution in [2.75, 3.05) is 36.5 Å². The lowest BCUT2D eigenvalue weighted by molar-refractivity contribution is 0.102. The van der Waals surface area contributed by atoms with Gasteiger partial charge in [0, 0.05) is 30.5 Å². The number of rotatable bonds is 5. The van der Waals surface area contributed by atoms with Gasteiger partial charge in [-0.05, 0) is 42.0 Å². The first-order chi connectivity index (χ1) is 13.7. The van der Waals surface area contributed by atoms with E-state index in [1.807, 2.05) is 30.3 Å². The number of hydrogen-bond donors (Lipinski definition) is 1. The molecule has 0 saturated carbocycles. The topological polar surface area (TPSA) is 59.4 Å². The van der Waals surface area contributed by atoms with E-state index in [1.165, 1.54) is 12.1 Å². The SMILES string of the molecule is O=C(Nc1cnn(Cc2cccc(F)c2)c1)c1ccc(N2CCOCC2)cc1. The first-order valence-corrected chi connectivity index (χ1v) is 9.18. The zero-order valence-electron chi connectivity index (χ0n) is 15.3. The van der Waals surface area contributed by atoms with Crippen molar-refractivity contribution in [2.45, 2.75) is 6.54 Å². The summed E-state index contributed by atoms with van der Waals surface area (Å²) in [5, 5.41) is 7.07. The van der Waals surface area contributed by atoms with Crippen molar-refractivity contribution >= 4 is 17.3 Å². The Bertz CT molecular complexity index is 949. The highest BCUT2D eigenvalue weighted by molar-refractivity contribution is 6.04. The third-order valence-electron chi connectivity index (χ3n) is 4.63. The quantitative estimate of drug-likeness (QED) is 0.739. The van der Waals surface area contributed by atoms with Gasteiger partial charge in [0.15, 0.2) is 0 Å². The molecule has 6 nitrogen and oxygen atoms in total. The van der Waals surface area contributed by atoms with Crippen molar-refractivity contribution in [2.24, 2.45) is 0 Å². The number of hydrogen-bond acceptors (Lipinski definition) is 4. The van der Waals surface area contributed by atoms with Crippen LogP contribution in [0.15, 0.2) is 60.9 Å². The average Bonchev–Trinajstić information content (AvgIpc) is 3.15. The molecule has 28 heavy (non-hydrogen) atoms. The van der Waals surface area contributed by atoms with Crippen molar-refractivity contribution < 1.29 is 13.9 Å². The monoisotopic (exact) mass is 380 g/mol. The summed E-state index contributed by atoms with van der Waals surface area (Å²) < 4.78 is 20.3. The number of nitrogens with zero attached hydrogens (tertiary/aromatic N) is 3. The second-order valence-corrected chi connectivity index (χ2v) is 6.66. The van der Waals surface area contributed by atoms with Gasteiger partial charge in [-0.15, -0.1) is 0 Å². The highest BCUT2D eigenvalue weighted by Crippen LogP contribution is 2.18. The van der Waals surface area contributed by atoms with Crippen molar-refractivity contribution in [3.8, 4) is 0 Å². The second kappa shape index (κ2) is 8.22. The normalized spacial score (nSPS) is 14.1. The molecule has 3 aromatic rings. The Morgan fingerprint density at radius 3 is 2.68 bits per heavy atom. The minimum Gasteiger partial charge on any atom is -0.378 e. The Morgan fingerprint density at radius 1 is 1.14 bits per heavy atom. The summed E-state index contributed by atoms with van der Waals surface area (Å²) >= 11 is 0. The zero-order chi connectivity index (χ0) is 19.3. The van der Waals surface area contributed by atoms with Crippen molar-refractivity contribution in [3.63, 3.8) is 0 Å². The molecule has 1 aliphatic rings. The molecule has 144 valence electrons. The first-order valence-electron chi connectivity index (χ1n) is 9.18. The number of anilines is 2. The molecule has 1 saturated heterocycles. The van der Waals surface area contributed by atoms with Gasteiger partial charge in [0.1, 0.15) is 5.82 Å². The van der Waals surface area contributed by atoms with E-state index in [2.05, 4.69) is 15.3 Å². The molecule has 1 amide bonds. The number of benzene rings is 2. The minimum absolute atomic E-state index is 0.196. The van der Waals surface area contributed by atoms with Crippen LogP contribution in [-0.4, -0.2) is 42.0 Å². The minimum atomic E-state index is -0.279. The van der Waals surface area contributed by atoms with Gasteiger partial charge in [0.25, 0.3) is 5.91 Å². The lowest BCUT2D eigenvalue weighted by Gasteiger charge is -2.28. The van der Waals surface area contributed by atoms with Gasteiger partial charge in [-0.2, -0.15) is 5.10 Å². The van der Waals surface area contributed by atoms with Crippen LogP contribution >= 0.6 is 0 Å². The van der Waals surface area contributed by atoms with E-state index in [9.17, 15) is 9.18 Å². The van der Waals surface area contributed by atoms with Gasteiger partial charge in [0.05, 0.1) is 31.6 Å². The molecule has 0 unspecified atom stereocenters. The molecule has 0 radical (unpaired) electrons. The predicted octanol–water partition coefficient (Wildman–Crippen LogP) is 3.16. The Hall–Kier alpha value is -3.19. The van der Waals surface area contributed by atoms with E-state index in [1.54, 1.807) is 23.1 Å². The summed E-state index contributed by atoms with van der Waals surface area (Å²) in [5.41, 5.74) is 3.07. The number of amides is 1. The average molecular weight is 380 g/mol. The van der Waals surface area contributed by atoms with Gasteiger partial charge in [-0.25, -0.2) is 4.39 Å². The third-order valence-corrected chi connectivity index (χ3v) is 4.63. The van der Waals surface area contributed by atoms with Crippen molar-refractivity contribution in [1.29, 1.82) is 0 Å². The van der Waals surface area contributed by atoms with Crippen LogP contribution < -0.4 is 10.2 Å². The maximum atomic E-state index is 13.3. The van der Waals surface area contributed by atoms with E-state index in [4.69, 9.17) is 4.74 Å². The first kappa shape index (κ1) is 18.2. The smallest absolute Gasteiger partial charge is 0.255 e. The Morgan fingerprint density at radius 2 is 1.93 bits per heavy atom. The number of aromatic nitrogens is 2. The molecule has 2 heterocycles. The maximum absolute atomic E-state index is 13.3. The van der Waals surface area contributed by atoms with Gasteiger partial charge in [-0.1, -0.05) is 12.1 Å². The van der Waals surface area contributed by atoms with Gasteiger partial charge >= 0.3 is 0 Å². The summed E-state index contributed by atoms with van der Waals surface area (Å²) in [4.78, 5) is 14.7. The molecule has 2 aromatic carbocycles. The van der Waals surface area contributed by atoms with Gasteiger partial charge in [0.2, 0.25) is 0 Å². The molecule has 0 bridgehead atoms. The fraction of sp³-hybridized carbons (Fsp3) is 0.238. The Labute approximate surface area is 162 Å². The van der Waals surface area contributed by atoms with Crippen LogP contribution in [0.4, 0.5) is 15.8 Å². The molecule has 7 heteroatoms. The summed E-state index contributed by atoms with van der Waals surface area (Å²) in [7, 11) is 0. The highest BCUT2D eigenvalue weighted by atomic mass is 19.1. The Balaban J connectivity index is 1.37. The lowest BCUT2D eigenvalue weighted by Crippen LogP contribution is -2.36. The summed E-state index contributed by atoms with van der Waals surface area (Å²) in [6.07, 6.45) is 3.31. The maximum Gasteiger partial charge on any atom is 0.255 e. The van der Waals surface area contributed by atoms with Crippen LogP contribution in [0.1, 0.15) is 15.9 Å². The molecular weight excluding hydrogens is 359 g/mol. The van der Waals surface area contributed by atoms with Crippen LogP contribution in [0.5, 0.6) is 0 Å². The van der Waals surface area contributed by atoms with Gasteiger partial charge < -0.3 is 15.0 Å². The Kier molecular flexibility index (Phi) is 5.34. The van der Waals surface area contributed by atoms with Crippen LogP contribution in [0, 0.1) is 5.82 Å². The number of carbonyl (C=O) groups is 1.